The molecular formula is C27H35N7O2S. The first-order valence-electron chi connectivity index (χ1n) is 12.8. The van der Waals surface area contributed by atoms with Crippen LogP contribution in [0.15, 0.2) is 54.7 Å². The molecule has 2 aromatic carbocycles. The van der Waals surface area contributed by atoms with Crippen LogP contribution in [0.5, 0.6) is 0 Å². The number of benzene rings is 2. The Kier molecular flexibility index (Phi) is 7.59. The maximum absolute atomic E-state index is 12.0. The normalized spacial score (nSPS) is 16.5. The van der Waals surface area contributed by atoms with E-state index in [4.69, 9.17) is 0 Å². The van der Waals surface area contributed by atoms with Gasteiger partial charge < -0.3 is 20.4 Å². The van der Waals surface area contributed by atoms with Crippen molar-refractivity contribution >= 4 is 38.9 Å². The molecule has 196 valence electrons. The molecule has 2 fully saturated rings. The van der Waals surface area contributed by atoms with Crippen LogP contribution >= 0.6 is 0 Å². The molecule has 1 aliphatic heterocycles. The molecule has 37 heavy (non-hydrogen) atoms. The van der Waals surface area contributed by atoms with Gasteiger partial charge in [0.15, 0.2) is 0 Å². The molecule has 1 saturated carbocycles. The van der Waals surface area contributed by atoms with E-state index < -0.39 is 10.0 Å². The van der Waals surface area contributed by atoms with Gasteiger partial charge in [0, 0.05) is 61.5 Å². The molecule has 1 saturated heterocycles. The molecule has 3 N–H and O–H groups in total. The molecule has 0 unspecified atom stereocenters. The number of nitrogens with one attached hydrogen (secondary N) is 3. The van der Waals surface area contributed by atoms with Gasteiger partial charge in [-0.15, -0.1) is 0 Å². The topological polar surface area (TPSA) is 102 Å². The fourth-order valence-electron chi connectivity index (χ4n) is 4.30. The Labute approximate surface area is 219 Å². The number of rotatable bonds is 10. The average Bonchev–Trinajstić information content (AvgIpc) is 3.75. The summed E-state index contributed by atoms with van der Waals surface area (Å²) in [5, 5.41) is 6.49. The highest BCUT2D eigenvalue weighted by Crippen LogP contribution is 2.27. The van der Waals surface area contributed by atoms with Crippen molar-refractivity contribution in [3.63, 3.8) is 0 Å². The van der Waals surface area contributed by atoms with Crippen molar-refractivity contribution < 1.29 is 8.42 Å². The van der Waals surface area contributed by atoms with E-state index in [0.717, 1.165) is 67.3 Å². The first-order chi connectivity index (χ1) is 17.9. The lowest BCUT2D eigenvalue weighted by Gasteiger charge is -2.34. The number of hydrogen-bond donors (Lipinski definition) is 3. The highest BCUT2D eigenvalue weighted by Gasteiger charge is 2.35. The summed E-state index contributed by atoms with van der Waals surface area (Å²) in [6.07, 6.45) is 4.01. The fourth-order valence-corrected chi connectivity index (χ4v) is 5.68. The van der Waals surface area contributed by atoms with Crippen molar-refractivity contribution in [2.75, 3.05) is 55.3 Å². The Morgan fingerprint density at radius 3 is 2.24 bits per heavy atom. The van der Waals surface area contributed by atoms with Crippen molar-refractivity contribution in [3.05, 3.63) is 65.9 Å². The number of nitrogens with zero attached hydrogens (tertiary/aromatic N) is 4. The standard InChI is InChI=1S/C27H35N7O2S/c1-20-19-28-27(31-23-7-9-24(10-8-23)34-17-15-33(2)16-18-34)32-26(20)30-22-5-3-21(4-6-22)13-14-29-37(35,36)25-11-12-25/h3-10,19,25,29H,11-18H2,1-2H3,(H2,28,30,31,32). The number of anilines is 5. The zero-order chi connectivity index (χ0) is 25.8. The Hall–Kier alpha value is -3.21. The van der Waals surface area contributed by atoms with Gasteiger partial charge >= 0.3 is 0 Å². The first-order valence-corrected chi connectivity index (χ1v) is 14.4. The Morgan fingerprint density at radius 2 is 1.57 bits per heavy atom. The third kappa shape index (κ3) is 6.76. The molecule has 0 amide bonds. The largest absolute Gasteiger partial charge is 0.369 e. The lowest BCUT2D eigenvalue weighted by atomic mass is 10.1. The lowest BCUT2D eigenvalue weighted by Crippen LogP contribution is -2.44. The van der Waals surface area contributed by atoms with Gasteiger partial charge in [-0.3, -0.25) is 0 Å². The smallest absolute Gasteiger partial charge is 0.229 e. The summed E-state index contributed by atoms with van der Waals surface area (Å²) in [5.41, 5.74) is 5.09. The van der Waals surface area contributed by atoms with E-state index in [0.29, 0.717) is 18.9 Å². The number of aryl methyl sites for hydroxylation is 1. The van der Waals surface area contributed by atoms with Crippen molar-refractivity contribution in [2.45, 2.75) is 31.4 Å². The van der Waals surface area contributed by atoms with Crippen LogP contribution < -0.4 is 20.3 Å². The van der Waals surface area contributed by atoms with Crippen LogP contribution in [0.4, 0.5) is 28.8 Å². The van der Waals surface area contributed by atoms with Gasteiger partial charge in [0.2, 0.25) is 16.0 Å². The van der Waals surface area contributed by atoms with Gasteiger partial charge in [0.25, 0.3) is 0 Å². The molecule has 9 nitrogen and oxygen atoms in total. The number of sulfonamides is 1. The summed E-state index contributed by atoms with van der Waals surface area (Å²) in [6, 6.07) is 16.4. The second-order valence-corrected chi connectivity index (χ2v) is 11.9. The third-order valence-electron chi connectivity index (χ3n) is 6.86. The van der Waals surface area contributed by atoms with E-state index in [1.54, 1.807) is 6.20 Å². The molecule has 2 heterocycles. The molecule has 10 heteroatoms. The van der Waals surface area contributed by atoms with Gasteiger partial charge in [-0.1, -0.05) is 12.1 Å². The van der Waals surface area contributed by atoms with Crippen LogP contribution in [-0.4, -0.2) is 68.3 Å². The minimum Gasteiger partial charge on any atom is -0.369 e. The Balaban J connectivity index is 1.16. The molecule has 5 rings (SSSR count). The van der Waals surface area contributed by atoms with E-state index >= 15 is 0 Å². The Bertz CT molecular complexity index is 1300. The van der Waals surface area contributed by atoms with Crippen LogP contribution in [0.3, 0.4) is 0 Å². The molecule has 2 aliphatic rings. The quantitative estimate of drug-likeness (QED) is 0.372. The SMILES string of the molecule is Cc1cnc(Nc2ccc(N3CCN(C)CC3)cc2)nc1Nc1ccc(CCNS(=O)(=O)C2CC2)cc1. The summed E-state index contributed by atoms with van der Waals surface area (Å²) >= 11 is 0. The molecule has 3 aromatic rings. The van der Waals surface area contributed by atoms with Crippen LogP contribution in [-0.2, 0) is 16.4 Å². The van der Waals surface area contributed by atoms with Crippen LogP contribution in [0.25, 0.3) is 0 Å². The van der Waals surface area contributed by atoms with Gasteiger partial charge in [-0.05, 0) is 75.2 Å². The van der Waals surface area contributed by atoms with Crippen LogP contribution in [0, 0.1) is 6.92 Å². The summed E-state index contributed by atoms with van der Waals surface area (Å²) in [4.78, 5) is 13.9. The predicted molar refractivity (Wildman–Crippen MR) is 150 cm³/mol. The molecule has 0 bridgehead atoms. The highest BCUT2D eigenvalue weighted by atomic mass is 32.2. The third-order valence-corrected chi connectivity index (χ3v) is 8.82. The van der Waals surface area contributed by atoms with E-state index in [2.05, 4.69) is 66.4 Å². The minimum atomic E-state index is -3.13. The van der Waals surface area contributed by atoms with Crippen molar-refractivity contribution in [1.29, 1.82) is 0 Å². The average molecular weight is 522 g/mol. The van der Waals surface area contributed by atoms with Crippen molar-refractivity contribution in [3.8, 4) is 0 Å². The fraction of sp³-hybridized carbons (Fsp3) is 0.407. The van der Waals surface area contributed by atoms with Gasteiger partial charge in [0.05, 0.1) is 5.25 Å². The van der Waals surface area contributed by atoms with Crippen LogP contribution in [0.2, 0.25) is 0 Å². The van der Waals surface area contributed by atoms with Crippen LogP contribution in [0.1, 0.15) is 24.0 Å². The number of piperazine rings is 1. The second-order valence-electron chi connectivity index (χ2n) is 9.90. The maximum atomic E-state index is 12.0. The zero-order valence-corrected chi connectivity index (χ0v) is 22.3. The van der Waals surface area contributed by atoms with E-state index in [1.165, 1.54) is 5.69 Å². The monoisotopic (exact) mass is 521 g/mol. The number of aromatic nitrogens is 2. The summed E-state index contributed by atoms with van der Waals surface area (Å²) < 4.78 is 26.6. The molecular weight excluding hydrogens is 486 g/mol. The van der Waals surface area contributed by atoms with E-state index in [1.807, 2.05) is 31.2 Å². The number of hydrogen-bond acceptors (Lipinski definition) is 8. The van der Waals surface area contributed by atoms with Gasteiger partial charge in [0.1, 0.15) is 5.82 Å². The zero-order valence-electron chi connectivity index (χ0n) is 21.4. The van der Waals surface area contributed by atoms with E-state index in [9.17, 15) is 8.42 Å². The van der Waals surface area contributed by atoms with Crippen molar-refractivity contribution in [1.82, 2.24) is 19.6 Å². The molecule has 0 spiro atoms. The molecule has 1 aliphatic carbocycles. The van der Waals surface area contributed by atoms with Crippen molar-refractivity contribution in [2.24, 2.45) is 0 Å². The number of likely N-dealkylation sites (N-methyl/N-ethyl adjacent to an activating group) is 1. The molecule has 1 aromatic heterocycles. The second kappa shape index (κ2) is 11.0. The summed E-state index contributed by atoms with van der Waals surface area (Å²) in [5.74, 6) is 1.26. The maximum Gasteiger partial charge on any atom is 0.229 e. The highest BCUT2D eigenvalue weighted by molar-refractivity contribution is 7.90. The molecule has 0 radical (unpaired) electrons. The summed E-state index contributed by atoms with van der Waals surface area (Å²) in [6.45, 7) is 6.63. The van der Waals surface area contributed by atoms with Gasteiger partial charge in [-0.25, -0.2) is 18.1 Å². The minimum absolute atomic E-state index is 0.184. The molecule has 0 atom stereocenters. The first kappa shape index (κ1) is 25.4. The van der Waals surface area contributed by atoms with E-state index in [-0.39, 0.29) is 5.25 Å². The summed E-state index contributed by atoms with van der Waals surface area (Å²) in [7, 11) is -0.971. The Morgan fingerprint density at radius 1 is 0.919 bits per heavy atom. The predicted octanol–water partition coefficient (Wildman–Crippen LogP) is 3.65. The lowest BCUT2D eigenvalue weighted by molar-refractivity contribution is 0.313. The van der Waals surface area contributed by atoms with Gasteiger partial charge in [-0.2, -0.15) is 4.98 Å².